The summed E-state index contributed by atoms with van der Waals surface area (Å²) in [6.07, 6.45) is 7.14. The summed E-state index contributed by atoms with van der Waals surface area (Å²) >= 11 is 0. The average molecular weight is 181 g/mol. The van der Waals surface area contributed by atoms with Gasteiger partial charge in [0.25, 0.3) is 0 Å². The first-order valence-corrected chi connectivity index (χ1v) is 5.86. The molecule has 1 nitrogen and oxygen atoms in total. The topological polar surface area (TPSA) is 12.0 Å². The maximum Gasteiger partial charge on any atom is 0.0121 e. The molecule has 2 unspecified atom stereocenters. The Bertz CT molecular complexity index is 182. The molecule has 1 N–H and O–H groups in total. The van der Waals surface area contributed by atoms with Crippen molar-refractivity contribution < 1.29 is 0 Å². The van der Waals surface area contributed by atoms with Crippen molar-refractivity contribution in [3.05, 3.63) is 0 Å². The standard InChI is InChI=1S/C12H23N/c1-9(10-6-7-10)13-11-5-4-8-12(11,2)3/h9-11,13H,4-8H2,1-3H3. The first-order chi connectivity index (χ1) is 6.09. The average Bonchev–Trinajstić information content (AvgIpc) is 2.80. The Kier molecular flexibility index (Phi) is 2.39. The third-order valence-electron chi connectivity index (χ3n) is 4.05. The minimum atomic E-state index is 0.545. The van der Waals surface area contributed by atoms with Gasteiger partial charge in [-0.1, -0.05) is 20.3 Å². The van der Waals surface area contributed by atoms with Crippen molar-refractivity contribution in [1.82, 2.24) is 5.32 Å². The Hall–Kier alpha value is -0.0400. The van der Waals surface area contributed by atoms with Crippen LogP contribution in [0.4, 0.5) is 0 Å². The van der Waals surface area contributed by atoms with Crippen molar-refractivity contribution in [3.63, 3.8) is 0 Å². The van der Waals surface area contributed by atoms with Crippen LogP contribution in [0.1, 0.15) is 52.9 Å². The van der Waals surface area contributed by atoms with E-state index in [-0.39, 0.29) is 0 Å². The largest absolute Gasteiger partial charge is 0.311 e. The highest BCUT2D eigenvalue weighted by Crippen LogP contribution is 2.39. The summed E-state index contributed by atoms with van der Waals surface area (Å²) in [7, 11) is 0. The van der Waals surface area contributed by atoms with Gasteiger partial charge >= 0.3 is 0 Å². The zero-order chi connectivity index (χ0) is 9.47. The monoisotopic (exact) mass is 181 g/mol. The Morgan fingerprint density at radius 2 is 1.92 bits per heavy atom. The lowest BCUT2D eigenvalue weighted by Crippen LogP contribution is -2.43. The van der Waals surface area contributed by atoms with Gasteiger partial charge in [0, 0.05) is 12.1 Å². The third kappa shape index (κ3) is 2.07. The molecule has 2 aliphatic rings. The lowest BCUT2D eigenvalue weighted by molar-refractivity contribution is 0.257. The molecular weight excluding hydrogens is 158 g/mol. The number of nitrogens with one attached hydrogen (secondary N) is 1. The third-order valence-corrected chi connectivity index (χ3v) is 4.05. The highest BCUT2D eigenvalue weighted by molar-refractivity contribution is 4.94. The summed E-state index contributed by atoms with van der Waals surface area (Å²) < 4.78 is 0. The van der Waals surface area contributed by atoms with Gasteiger partial charge in [-0.2, -0.15) is 0 Å². The number of hydrogen-bond acceptors (Lipinski definition) is 1. The lowest BCUT2D eigenvalue weighted by atomic mass is 9.87. The fourth-order valence-electron chi connectivity index (χ4n) is 2.69. The molecule has 0 amide bonds. The van der Waals surface area contributed by atoms with Crippen LogP contribution in [0, 0.1) is 11.3 Å². The predicted octanol–water partition coefficient (Wildman–Crippen LogP) is 2.95. The molecule has 0 spiro atoms. The molecule has 0 aromatic heterocycles. The molecule has 2 saturated carbocycles. The molecular formula is C12H23N. The second kappa shape index (κ2) is 3.27. The first-order valence-electron chi connectivity index (χ1n) is 5.86. The van der Waals surface area contributed by atoms with Crippen LogP contribution < -0.4 is 5.32 Å². The van der Waals surface area contributed by atoms with Gasteiger partial charge in [0.2, 0.25) is 0 Å². The van der Waals surface area contributed by atoms with Crippen LogP contribution >= 0.6 is 0 Å². The molecule has 0 radical (unpaired) electrons. The van der Waals surface area contributed by atoms with Crippen LogP contribution in [0.15, 0.2) is 0 Å². The summed E-state index contributed by atoms with van der Waals surface area (Å²) in [4.78, 5) is 0. The van der Waals surface area contributed by atoms with Gasteiger partial charge in [-0.25, -0.2) is 0 Å². The quantitative estimate of drug-likeness (QED) is 0.706. The van der Waals surface area contributed by atoms with Crippen LogP contribution in [0.3, 0.4) is 0 Å². The van der Waals surface area contributed by atoms with Gasteiger partial charge in [0.05, 0.1) is 0 Å². The van der Waals surface area contributed by atoms with Gasteiger partial charge in [-0.15, -0.1) is 0 Å². The van der Waals surface area contributed by atoms with E-state index in [1.54, 1.807) is 0 Å². The zero-order valence-electron chi connectivity index (χ0n) is 9.27. The predicted molar refractivity (Wildman–Crippen MR) is 56.7 cm³/mol. The molecule has 13 heavy (non-hydrogen) atoms. The fourth-order valence-corrected chi connectivity index (χ4v) is 2.69. The van der Waals surface area contributed by atoms with Crippen molar-refractivity contribution in [1.29, 1.82) is 0 Å². The van der Waals surface area contributed by atoms with Crippen LogP contribution in [0.2, 0.25) is 0 Å². The van der Waals surface area contributed by atoms with E-state index in [0.29, 0.717) is 5.41 Å². The summed E-state index contributed by atoms with van der Waals surface area (Å²) in [5, 5.41) is 3.83. The van der Waals surface area contributed by atoms with Gasteiger partial charge in [-0.3, -0.25) is 0 Å². The molecule has 0 aliphatic heterocycles. The SMILES string of the molecule is CC(NC1CCCC1(C)C)C1CC1. The first kappa shape index (κ1) is 9.51. The fraction of sp³-hybridized carbons (Fsp3) is 1.00. The Balaban J connectivity index is 1.86. The molecule has 0 aromatic carbocycles. The maximum absolute atomic E-state index is 3.83. The molecule has 2 fully saturated rings. The van der Waals surface area contributed by atoms with E-state index in [0.717, 1.165) is 18.0 Å². The lowest BCUT2D eigenvalue weighted by Gasteiger charge is -2.30. The van der Waals surface area contributed by atoms with Gasteiger partial charge in [-0.05, 0) is 43.9 Å². The summed E-state index contributed by atoms with van der Waals surface area (Å²) in [5.41, 5.74) is 0.545. The molecule has 2 rings (SSSR count). The van der Waals surface area contributed by atoms with Gasteiger partial charge < -0.3 is 5.32 Å². The highest BCUT2D eigenvalue weighted by Gasteiger charge is 2.37. The van der Waals surface area contributed by atoms with Crippen molar-refractivity contribution in [3.8, 4) is 0 Å². The molecule has 0 bridgehead atoms. The summed E-state index contributed by atoms with van der Waals surface area (Å²) in [5.74, 6) is 0.997. The van der Waals surface area contributed by atoms with Crippen molar-refractivity contribution >= 4 is 0 Å². The second-order valence-corrected chi connectivity index (χ2v) is 5.73. The Morgan fingerprint density at radius 3 is 2.38 bits per heavy atom. The molecule has 76 valence electrons. The summed E-state index contributed by atoms with van der Waals surface area (Å²) in [6.45, 7) is 7.20. The maximum atomic E-state index is 3.83. The van der Waals surface area contributed by atoms with Gasteiger partial charge in [0.1, 0.15) is 0 Å². The van der Waals surface area contributed by atoms with Crippen LogP contribution in [0.5, 0.6) is 0 Å². The van der Waals surface area contributed by atoms with E-state index < -0.39 is 0 Å². The van der Waals surface area contributed by atoms with Crippen molar-refractivity contribution in [2.24, 2.45) is 11.3 Å². The second-order valence-electron chi connectivity index (χ2n) is 5.73. The highest BCUT2D eigenvalue weighted by atomic mass is 15.0. The normalized spacial score (nSPS) is 34.8. The molecule has 2 atom stereocenters. The van der Waals surface area contributed by atoms with Gasteiger partial charge in [0.15, 0.2) is 0 Å². The van der Waals surface area contributed by atoms with E-state index in [4.69, 9.17) is 0 Å². The van der Waals surface area contributed by atoms with Crippen LogP contribution in [0.25, 0.3) is 0 Å². The van der Waals surface area contributed by atoms with E-state index >= 15 is 0 Å². The van der Waals surface area contributed by atoms with Crippen molar-refractivity contribution in [2.75, 3.05) is 0 Å². The summed E-state index contributed by atoms with van der Waals surface area (Å²) in [6, 6.07) is 1.55. The smallest absolute Gasteiger partial charge is 0.0121 e. The molecule has 2 aliphatic carbocycles. The number of hydrogen-bond donors (Lipinski definition) is 1. The number of rotatable bonds is 3. The minimum Gasteiger partial charge on any atom is -0.311 e. The van der Waals surface area contributed by atoms with Crippen molar-refractivity contribution in [2.45, 2.75) is 65.0 Å². The molecule has 0 heterocycles. The van der Waals surface area contributed by atoms with Crippen LogP contribution in [-0.4, -0.2) is 12.1 Å². The zero-order valence-corrected chi connectivity index (χ0v) is 9.27. The Labute approximate surface area is 82.3 Å². The Morgan fingerprint density at radius 1 is 1.23 bits per heavy atom. The van der Waals surface area contributed by atoms with E-state index in [1.165, 1.54) is 32.1 Å². The molecule has 1 heteroatoms. The van der Waals surface area contributed by atoms with E-state index in [9.17, 15) is 0 Å². The minimum absolute atomic E-state index is 0.545. The molecule has 0 saturated heterocycles. The van der Waals surface area contributed by atoms with E-state index in [1.807, 2.05) is 0 Å². The van der Waals surface area contributed by atoms with E-state index in [2.05, 4.69) is 26.1 Å². The van der Waals surface area contributed by atoms with Crippen LogP contribution in [-0.2, 0) is 0 Å². The molecule has 0 aromatic rings.